The molecule has 2 aliphatic rings. The summed E-state index contributed by atoms with van der Waals surface area (Å²) in [6, 6.07) is 1.80. The number of hydrogen-bond acceptors (Lipinski definition) is 5. The van der Waals surface area contributed by atoms with E-state index in [2.05, 4.69) is 0 Å². The number of ketones is 1. The fourth-order valence-corrected chi connectivity index (χ4v) is 4.16. The molecule has 1 aliphatic carbocycles. The monoisotopic (exact) mass is 386 g/mol. The number of carbonyl (C=O) groups is 4. The van der Waals surface area contributed by atoms with E-state index in [1.807, 2.05) is 37.5 Å². The molecule has 1 aromatic heterocycles. The topological polar surface area (TPSA) is 85.7 Å². The minimum absolute atomic E-state index is 0.00202. The second-order valence-corrected chi connectivity index (χ2v) is 7.35. The molecule has 2 heterocycles. The highest BCUT2D eigenvalue weighted by Gasteiger charge is 2.46. The van der Waals surface area contributed by atoms with Gasteiger partial charge in [0.2, 0.25) is 17.6 Å². The Morgan fingerprint density at radius 3 is 2.25 bits per heavy atom. The molecule has 1 fully saturated rings. The van der Waals surface area contributed by atoms with Crippen molar-refractivity contribution in [1.82, 2.24) is 9.47 Å². The molecule has 0 bridgehead atoms. The summed E-state index contributed by atoms with van der Waals surface area (Å²) < 4.78 is 7.11. The highest BCUT2D eigenvalue weighted by molar-refractivity contribution is 6.05. The molecule has 1 aliphatic heterocycles. The summed E-state index contributed by atoms with van der Waals surface area (Å²) in [5.41, 5.74) is 2.39. The summed E-state index contributed by atoms with van der Waals surface area (Å²) >= 11 is 0. The number of aromatic nitrogens is 1. The van der Waals surface area contributed by atoms with E-state index in [-0.39, 0.29) is 49.0 Å². The van der Waals surface area contributed by atoms with Gasteiger partial charge in [0.1, 0.15) is 0 Å². The van der Waals surface area contributed by atoms with Crippen molar-refractivity contribution in [3.8, 4) is 0 Å². The molecule has 0 radical (unpaired) electrons. The van der Waals surface area contributed by atoms with Crippen LogP contribution in [0.2, 0.25) is 0 Å². The number of Topliss-reactive ketones (excluding diaryl/α,β-unsaturated/α-hetero) is 1. The van der Waals surface area contributed by atoms with Crippen LogP contribution in [-0.2, 0) is 25.7 Å². The number of likely N-dealkylation sites (tertiary alicyclic amines) is 1. The third-order valence-electron chi connectivity index (χ3n) is 5.69. The summed E-state index contributed by atoms with van der Waals surface area (Å²) in [4.78, 5) is 50.3. The summed E-state index contributed by atoms with van der Waals surface area (Å²) in [6.45, 7) is 6.22. The van der Waals surface area contributed by atoms with E-state index in [4.69, 9.17) is 4.74 Å². The van der Waals surface area contributed by atoms with E-state index < -0.39 is 5.97 Å². The molecule has 0 unspecified atom stereocenters. The zero-order valence-corrected chi connectivity index (χ0v) is 16.6. The van der Waals surface area contributed by atoms with Crippen molar-refractivity contribution < 1.29 is 23.9 Å². The van der Waals surface area contributed by atoms with Crippen molar-refractivity contribution in [2.75, 3.05) is 13.2 Å². The SMILES string of the molecule is CCn1c(C)cc(C(=O)COC(=O)CCN2C(=O)[C@@H]3CC=CC[C@H]3C2=O)c1C. The van der Waals surface area contributed by atoms with Gasteiger partial charge in [-0.25, -0.2) is 0 Å². The molecule has 2 amide bonds. The van der Waals surface area contributed by atoms with Gasteiger partial charge < -0.3 is 9.30 Å². The minimum Gasteiger partial charge on any atom is -0.457 e. The van der Waals surface area contributed by atoms with Gasteiger partial charge in [0.25, 0.3) is 0 Å². The number of nitrogens with zero attached hydrogens (tertiary/aromatic N) is 2. The number of fused-ring (bicyclic) bond motifs is 1. The second kappa shape index (κ2) is 8.12. The Hall–Kier alpha value is -2.70. The van der Waals surface area contributed by atoms with Crippen LogP contribution in [0.15, 0.2) is 18.2 Å². The van der Waals surface area contributed by atoms with Crippen LogP contribution in [-0.4, -0.2) is 46.2 Å². The maximum Gasteiger partial charge on any atom is 0.308 e. The Morgan fingerprint density at radius 2 is 1.71 bits per heavy atom. The fourth-order valence-electron chi connectivity index (χ4n) is 4.16. The first kappa shape index (κ1) is 20.0. The number of allylic oxidation sites excluding steroid dienone is 2. The van der Waals surface area contributed by atoms with E-state index in [9.17, 15) is 19.2 Å². The first-order valence-corrected chi connectivity index (χ1v) is 9.70. The Labute approximate surface area is 164 Å². The molecular weight excluding hydrogens is 360 g/mol. The van der Waals surface area contributed by atoms with Gasteiger partial charge in [0.05, 0.1) is 18.3 Å². The predicted octanol–water partition coefficient (Wildman–Crippen LogP) is 2.19. The smallest absolute Gasteiger partial charge is 0.308 e. The van der Waals surface area contributed by atoms with Gasteiger partial charge in [0, 0.05) is 30.0 Å². The molecule has 7 nitrogen and oxygen atoms in total. The van der Waals surface area contributed by atoms with Crippen molar-refractivity contribution >= 4 is 23.6 Å². The van der Waals surface area contributed by atoms with Crippen LogP contribution in [0.1, 0.15) is 47.9 Å². The third-order valence-corrected chi connectivity index (χ3v) is 5.69. The number of amides is 2. The molecule has 1 saturated heterocycles. The Bertz CT molecular complexity index is 825. The number of aryl methyl sites for hydroxylation is 1. The molecule has 3 rings (SSSR count). The van der Waals surface area contributed by atoms with E-state index >= 15 is 0 Å². The lowest BCUT2D eigenvalue weighted by atomic mass is 9.85. The first-order chi connectivity index (χ1) is 13.3. The Balaban J connectivity index is 1.51. The zero-order chi connectivity index (χ0) is 20.4. The average Bonchev–Trinajstić information content (AvgIpc) is 3.11. The lowest BCUT2D eigenvalue weighted by molar-refractivity contribution is -0.145. The zero-order valence-electron chi connectivity index (χ0n) is 16.6. The number of hydrogen-bond donors (Lipinski definition) is 0. The van der Waals surface area contributed by atoms with Crippen molar-refractivity contribution in [1.29, 1.82) is 0 Å². The van der Waals surface area contributed by atoms with E-state index in [0.29, 0.717) is 18.4 Å². The maximum absolute atomic E-state index is 12.4. The van der Waals surface area contributed by atoms with Gasteiger partial charge in [-0.1, -0.05) is 12.2 Å². The molecule has 0 saturated carbocycles. The van der Waals surface area contributed by atoms with Crippen molar-refractivity contribution in [3.63, 3.8) is 0 Å². The minimum atomic E-state index is -0.591. The van der Waals surface area contributed by atoms with Crippen LogP contribution < -0.4 is 0 Å². The molecule has 0 N–H and O–H groups in total. The number of esters is 1. The predicted molar refractivity (Wildman–Crippen MR) is 102 cm³/mol. The Kier molecular flexibility index (Phi) is 5.82. The van der Waals surface area contributed by atoms with Crippen LogP contribution in [0.4, 0.5) is 0 Å². The average molecular weight is 386 g/mol. The van der Waals surface area contributed by atoms with E-state index in [1.165, 1.54) is 4.90 Å². The number of carbonyl (C=O) groups excluding carboxylic acids is 4. The van der Waals surface area contributed by atoms with Crippen LogP contribution in [0.3, 0.4) is 0 Å². The molecule has 2 atom stereocenters. The maximum atomic E-state index is 12.4. The number of imide groups is 1. The normalized spacial score (nSPS) is 21.2. The van der Waals surface area contributed by atoms with Crippen LogP contribution in [0, 0.1) is 25.7 Å². The van der Waals surface area contributed by atoms with Crippen molar-refractivity contribution in [2.24, 2.45) is 11.8 Å². The van der Waals surface area contributed by atoms with Crippen LogP contribution in [0.5, 0.6) is 0 Å². The number of ether oxygens (including phenoxy) is 1. The van der Waals surface area contributed by atoms with Gasteiger partial charge in [0.15, 0.2) is 6.61 Å². The highest BCUT2D eigenvalue weighted by Crippen LogP contribution is 2.35. The largest absolute Gasteiger partial charge is 0.457 e. The third kappa shape index (κ3) is 3.66. The second-order valence-electron chi connectivity index (χ2n) is 7.35. The van der Waals surface area contributed by atoms with E-state index in [1.54, 1.807) is 6.07 Å². The van der Waals surface area contributed by atoms with Gasteiger partial charge in [-0.2, -0.15) is 0 Å². The van der Waals surface area contributed by atoms with Crippen LogP contribution >= 0.6 is 0 Å². The lowest BCUT2D eigenvalue weighted by Gasteiger charge is -2.14. The molecular formula is C21H26N2O5. The van der Waals surface area contributed by atoms with Gasteiger partial charge in [-0.15, -0.1) is 0 Å². The van der Waals surface area contributed by atoms with E-state index in [0.717, 1.165) is 17.9 Å². The quantitative estimate of drug-likeness (QED) is 0.310. The van der Waals surface area contributed by atoms with Crippen molar-refractivity contribution in [3.05, 3.63) is 35.2 Å². The molecule has 28 heavy (non-hydrogen) atoms. The number of rotatable bonds is 7. The first-order valence-electron chi connectivity index (χ1n) is 9.70. The van der Waals surface area contributed by atoms with Crippen LogP contribution in [0.25, 0.3) is 0 Å². The molecule has 7 heteroatoms. The van der Waals surface area contributed by atoms with Gasteiger partial charge in [-0.3, -0.25) is 24.1 Å². The van der Waals surface area contributed by atoms with Gasteiger partial charge in [-0.05, 0) is 39.7 Å². The Morgan fingerprint density at radius 1 is 1.11 bits per heavy atom. The molecule has 1 aromatic rings. The summed E-state index contributed by atoms with van der Waals surface area (Å²) in [5, 5.41) is 0. The molecule has 0 spiro atoms. The van der Waals surface area contributed by atoms with Crippen molar-refractivity contribution in [2.45, 2.75) is 46.6 Å². The fraction of sp³-hybridized carbons (Fsp3) is 0.524. The molecule has 150 valence electrons. The summed E-state index contributed by atoms with van der Waals surface area (Å²) in [7, 11) is 0. The highest BCUT2D eigenvalue weighted by atomic mass is 16.5. The summed E-state index contributed by atoms with van der Waals surface area (Å²) in [5.74, 6) is -1.88. The lowest BCUT2D eigenvalue weighted by Crippen LogP contribution is -2.33. The molecule has 0 aromatic carbocycles. The standard InChI is InChI=1S/C21H26N2O5/c1-4-22-13(2)11-17(14(22)3)18(24)12-28-19(25)9-10-23-20(26)15-7-5-6-8-16(15)21(23)27/h5-6,11,15-16H,4,7-10,12H2,1-3H3/t15-,16-/m1/s1. The summed E-state index contributed by atoms with van der Waals surface area (Å²) in [6.07, 6.45) is 4.88. The van der Waals surface area contributed by atoms with Gasteiger partial charge >= 0.3 is 5.97 Å².